The number of likely N-dealkylation sites (tertiary alicyclic amines) is 1. The van der Waals surface area contributed by atoms with E-state index >= 15 is 0 Å². The van der Waals surface area contributed by atoms with Crippen LogP contribution in [-0.2, 0) is 19.1 Å². The Morgan fingerprint density at radius 2 is 2.05 bits per heavy atom. The minimum atomic E-state index is -0.612. The van der Waals surface area contributed by atoms with Crippen LogP contribution in [0.4, 0.5) is 0 Å². The van der Waals surface area contributed by atoms with E-state index in [0.29, 0.717) is 26.0 Å². The number of amides is 2. The summed E-state index contributed by atoms with van der Waals surface area (Å²) in [5.74, 6) is -1.78. The van der Waals surface area contributed by atoms with E-state index in [0.717, 1.165) is 0 Å². The van der Waals surface area contributed by atoms with Crippen molar-refractivity contribution in [2.24, 2.45) is 5.92 Å². The number of carbonyl (C=O) groups is 3. The summed E-state index contributed by atoms with van der Waals surface area (Å²) in [5, 5.41) is 2.56. The molecule has 0 bridgehead atoms. The fourth-order valence-corrected chi connectivity index (χ4v) is 2.08. The minimum absolute atomic E-state index is 0.0814. The summed E-state index contributed by atoms with van der Waals surface area (Å²) in [6.07, 6.45) is 1.42. The van der Waals surface area contributed by atoms with E-state index in [4.69, 9.17) is 4.74 Å². The molecule has 1 unspecified atom stereocenters. The number of hydrogen-bond donors (Lipinski definition) is 1. The highest BCUT2D eigenvalue weighted by atomic mass is 16.5. The standard InChI is InChI=1S/C13H22N2O4/c1-4-19-13(18)10-6-5-7-15(8-10)12(17)11(16)14-9(2)3/h9-10H,4-8H2,1-3H3,(H,14,16). The highest BCUT2D eigenvalue weighted by Crippen LogP contribution is 2.18. The molecule has 1 fully saturated rings. The lowest BCUT2D eigenvalue weighted by molar-refractivity contribution is -0.154. The van der Waals surface area contributed by atoms with Crippen LogP contribution in [0.1, 0.15) is 33.6 Å². The van der Waals surface area contributed by atoms with Gasteiger partial charge in [0.1, 0.15) is 0 Å². The predicted molar refractivity (Wildman–Crippen MR) is 69.2 cm³/mol. The Hall–Kier alpha value is -1.59. The fourth-order valence-electron chi connectivity index (χ4n) is 2.08. The summed E-state index contributed by atoms with van der Waals surface area (Å²) in [5.41, 5.74) is 0. The van der Waals surface area contributed by atoms with Crippen LogP contribution in [0.5, 0.6) is 0 Å². The topological polar surface area (TPSA) is 75.7 Å². The SMILES string of the molecule is CCOC(=O)C1CCCN(C(=O)C(=O)NC(C)C)C1. The molecule has 1 heterocycles. The van der Waals surface area contributed by atoms with Crippen LogP contribution in [0.25, 0.3) is 0 Å². The number of hydrogen-bond acceptors (Lipinski definition) is 4. The maximum Gasteiger partial charge on any atom is 0.311 e. The lowest BCUT2D eigenvalue weighted by atomic mass is 9.98. The molecule has 1 N–H and O–H groups in total. The van der Waals surface area contributed by atoms with Crippen molar-refractivity contribution in [3.63, 3.8) is 0 Å². The van der Waals surface area contributed by atoms with Crippen molar-refractivity contribution in [2.45, 2.75) is 39.7 Å². The first-order valence-electron chi connectivity index (χ1n) is 6.72. The largest absolute Gasteiger partial charge is 0.466 e. The lowest BCUT2D eigenvalue weighted by Crippen LogP contribution is -2.49. The van der Waals surface area contributed by atoms with Gasteiger partial charge in [0.25, 0.3) is 0 Å². The molecule has 6 heteroatoms. The molecule has 1 atom stereocenters. The summed E-state index contributed by atoms with van der Waals surface area (Å²) in [7, 11) is 0. The number of ether oxygens (including phenoxy) is 1. The first kappa shape index (κ1) is 15.5. The van der Waals surface area contributed by atoms with Crippen LogP contribution < -0.4 is 5.32 Å². The van der Waals surface area contributed by atoms with E-state index in [-0.39, 0.29) is 24.5 Å². The van der Waals surface area contributed by atoms with Gasteiger partial charge < -0.3 is 15.0 Å². The Labute approximate surface area is 113 Å². The minimum Gasteiger partial charge on any atom is -0.466 e. The van der Waals surface area contributed by atoms with Crippen LogP contribution in [0, 0.1) is 5.92 Å². The van der Waals surface area contributed by atoms with Gasteiger partial charge in [-0.1, -0.05) is 0 Å². The molecule has 0 aliphatic carbocycles. The van der Waals surface area contributed by atoms with Gasteiger partial charge in [-0.25, -0.2) is 0 Å². The van der Waals surface area contributed by atoms with Gasteiger partial charge >= 0.3 is 17.8 Å². The molecule has 1 aliphatic heterocycles. The zero-order valence-corrected chi connectivity index (χ0v) is 11.8. The predicted octanol–water partition coefficient (Wildman–Crippen LogP) is 0.313. The molecular weight excluding hydrogens is 248 g/mol. The van der Waals surface area contributed by atoms with Crippen molar-refractivity contribution < 1.29 is 19.1 Å². The van der Waals surface area contributed by atoms with Crippen LogP contribution in [-0.4, -0.2) is 48.4 Å². The van der Waals surface area contributed by atoms with Gasteiger partial charge in [-0.3, -0.25) is 14.4 Å². The van der Waals surface area contributed by atoms with Crippen molar-refractivity contribution in [1.29, 1.82) is 0 Å². The van der Waals surface area contributed by atoms with Crippen molar-refractivity contribution >= 4 is 17.8 Å². The van der Waals surface area contributed by atoms with Gasteiger partial charge in [0.05, 0.1) is 12.5 Å². The smallest absolute Gasteiger partial charge is 0.311 e. The summed E-state index contributed by atoms with van der Waals surface area (Å²) in [6.45, 7) is 6.45. The molecule has 1 aliphatic rings. The molecule has 0 spiro atoms. The third-order valence-electron chi connectivity index (χ3n) is 2.94. The van der Waals surface area contributed by atoms with E-state index in [1.54, 1.807) is 20.8 Å². The van der Waals surface area contributed by atoms with E-state index in [1.165, 1.54) is 4.90 Å². The Morgan fingerprint density at radius 1 is 1.37 bits per heavy atom. The van der Waals surface area contributed by atoms with Gasteiger partial charge in [0, 0.05) is 19.1 Å². The quantitative estimate of drug-likeness (QED) is 0.591. The maximum absolute atomic E-state index is 11.9. The Kier molecular flexibility index (Phi) is 5.79. The summed E-state index contributed by atoms with van der Waals surface area (Å²) in [4.78, 5) is 36.6. The maximum atomic E-state index is 11.9. The third-order valence-corrected chi connectivity index (χ3v) is 2.94. The second kappa shape index (κ2) is 7.11. The summed E-state index contributed by atoms with van der Waals surface area (Å²) >= 11 is 0. The zero-order valence-electron chi connectivity index (χ0n) is 11.8. The number of esters is 1. The number of carbonyl (C=O) groups excluding carboxylic acids is 3. The lowest BCUT2D eigenvalue weighted by Gasteiger charge is -2.31. The monoisotopic (exact) mass is 270 g/mol. The molecule has 2 amide bonds. The van der Waals surface area contributed by atoms with E-state index in [9.17, 15) is 14.4 Å². The number of rotatable bonds is 3. The third kappa shape index (κ3) is 4.54. The van der Waals surface area contributed by atoms with E-state index < -0.39 is 11.8 Å². The van der Waals surface area contributed by atoms with Crippen molar-refractivity contribution in [2.75, 3.05) is 19.7 Å². The van der Waals surface area contributed by atoms with Crippen LogP contribution in [0.3, 0.4) is 0 Å². The Balaban J connectivity index is 2.56. The summed E-state index contributed by atoms with van der Waals surface area (Å²) in [6, 6.07) is -0.0814. The highest BCUT2D eigenvalue weighted by molar-refractivity contribution is 6.35. The van der Waals surface area contributed by atoms with Crippen molar-refractivity contribution in [1.82, 2.24) is 10.2 Å². The molecule has 108 valence electrons. The van der Waals surface area contributed by atoms with Crippen molar-refractivity contribution in [3.05, 3.63) is 0 Å². The Morgan fingerprint density at radius 3 is 2.63 bits per heavy atom. The Bertz CT molecular complexity index is 355. The molecule has 1 saturated heterocycles. The van der Waals surface area contributed by atoms with Gasteiger partial charge in [-0.15, -0.1) is 0 Å². The molecule has 0 saturated carbocycles. The second-order valence-electron chi connectivity index (χ2n) is 4.97. The van der Waals surface area contributed by atoms with Crippen LogP contribution >= 0.6 is 0 Å². The summed E-state index contributed by atoms with van der Waals surface area (Å²) < 4.78 is 4.96. The molecule has 19 heavy (non-hydrogen) atoms. The fraction of sp³-hybridized carbons (Fsp3) is 0.769. The van der Waals surface area contributed by atoms with Gasteiger partial charge in [-0.05, 0) is 33.6 Å². The van der Waals surface area contributed by atoms with Gasteiger partial charge in [0.15, 0.2) is 0 Å². The highest BCUT2D eigenvalue weighted by Gasteiger charge is 2.31. The van der Waals surface area contributed by atoms with Crippen LogP contribution in [0.15, 0.2) is 0 Å². The zero-order chi connectivity index (χ0) is 14.4. The van der Waals surface area contributed by atoms with E-state index in [1.807, 2.05) is 0 Å². The first-order valence-corrected chi connectivity index (χ1v) is 6.72. The molecule has 0 aromatic carbocycles. The molecule has 0 aromatic rings. The molecular formula is C13H22N2O4. The molecule has 6 nitrogen and oxygen atoms in total. The average Bonchev–Trinajstić information content (AvgIpc) is 2.37. The number of piperidine rings is 1. The normalized spacial score (nSPS) is 19.2. The average molecular weight is 270 g/mol. The van der Waals surface area contributed by atoms with Gasteiger partial charge in [0.2, 0.25) is 0 Å². The van der Waals surface area contributed by atoms with E-state index in [2.05, 4.69) is 5.32 Å². The van der Waals surface area contributed by atoms with Crippen LogP contribution in [0.2, 0.25) is 0 Å². The number of nitrogens with one attached hydrogen (secondary N) is 1. The van der Waals surface area contributed by atoms with Gasteiger partial charge in [-0.2, -0.15) is 0 Å². The number of nitrogens with zero attached hydrogens (tertiary/aromatic N) is 1. The molecule has 0 radical (unpaired) electrons. The van der Waals surface area contributed by atoms with Crippen molar-refractivity contribution in [3.8, 4) is 0 Å². The molecule has 0 aromatic heterocycles. The molecule has 1 rings (SSSR count). The first-order chi connectivity index (χ1) is 8.95. The second-order valence-corrected chi connectivity index (χ2v) is 4.97.